The third-order valence-corrected chi connectivity index (χ3v) is 1.79. The molecule has 0 amide bonds. The molecule has 14 heavy (non-hydrogen) atoms. The first-order valence-corrected chi connectivity index (χ1v) is 4.28. The van der Waals surface area contributed by atoms with Crippen LogP contribution in [-0.2, 0) is 13.1 Å². The Bertz CT molecular complexity index is 419. The van der Waals surface area contributed by atoms with Gasteiger partial charge in [0.2, 0.25) is 5.89 Å². The number of aryl methyl sites for hydroxylation is 1. The van der Waals surface area contributed by atoms with E-state index in [1.54, 1.807) is 17.8 Å². The molecule has 0 unspecified atom stereocenters. The average Bonchev–Trinajstić information content (AvgIpc) is 2.76. The molecule has 0 aliphatic carbocycles. The molecule has 0 bridgehead atoms. The van der Waals surface area contributed by atoms with Crippen LogP contribution < -0.4 is 5.73 Å². The van der Waals surface area contributed by atoms with Crippen molar-refractivity contribution < 1.29 is 4.52 Å². The van der Waals surface area contributed by atoms with Gasteiger partial charge in [0.15, 0.2) is 5.82 Å². The van der Waals surface area contributed by atoms with E-state index in [2.05, 4.69) is 15.2 Å². The molecule has 0 radical (unpaired) electrons. The van der Waals surface area contributed by atoms with Crippen LogP contribution >= 0.6 is 0 Å². The van der Waals surface area contributed by atoms with Gasteiger partial charge in [0.1, 0.15) is 6.54 Å². The molecular weight excluding hydrogens is 182 g/mol. The zero-order valence-electron chi connectivity index (χ0n) is 7.84. The maximum atomic E-state index is 5.46. The van der Waals surface area contributed by atoms with E-state index in [0.717, 1.165) is 5.56 Å². The Morgan fingerprint density at radius 1 is 1.57 bits per heavy atom. The second kappa shape index (κ2) is 3.59. The lowest BCUT2D eigenvalue weighted by Gasteiger charge is -1.93. The van der Waals surface area contributed by atoms with Gasteiger partial charge < -0.3 is 10.3 Å². The lowest BCUT2D eigenvalue weighted by molar-refractivity contribution is 0.362. The first-order valence-electron chi connectivity index (χ1n) is 4.28. The molecule has 0 atom stereocenters. The number of rotatable bonds is 3. The van der Waals surface area contributed by atoms with Crippen LogP contribution in [0.4, 0.5) is 0 Å². The molecule has 0 saturated heterocycles. The van der Waals surface area contributed by atoms with Crippen LogP contribution in [0.5, 0.6) is 0 Å². The molecule has 2 rings (SSSR count). The van der Waals surface area contributed by atoms with E-state index in [-0.39, 0.29) is 0 Å². The van der Waals surface area contributed by atoms with E-state index in [9.17, 15) is 0 Å². The summed E-state index contributed by atoms with van der Waals surface area (Å²) in [6.07, 6.45) is 3.59. The van der Waals surface area contributed by atoms with Crippen molar-refractivity contribution in [1.82, 2.24) is 19.9 Å². The minimum absolute atomic E-state index is 0.487. The summed E-state index contributed by atoms with van der Waals surface area (Å²) in [4.78, 5) is 4.07. The first-order chi connectivity index (χ1) is 6.78. The summed E-state index contributed by atoms with van der Waals surface area (Å²) in [5.74, 6) is 1.18. The molecule has 6 nitrogen and oxygen atoms in total. The first kappa shape index (κ1) is 8.89. The van der Waals surface area contributed by atoms with E-state index < -0.39 is 0 Å². The van der Waals surface area contributed by atoms with Crippen LogP contribution in [0.2, 0.25) is 0 Å². The van der Waals surface area contributed by atoms with E-state index in [1.165, 1.54) is 0 Å². The summed E-state index contributed by atoms with van der Waals surface area (Å²) in [5, 5.41) is 7.79. The smallest absolute Gasteiger partial charge is 0.248 e. The molecular formula is C8H11N5O. The lowest BCUT2D eigenvalue weighted by atomic mass is 10.4. The third kappa shape index (κ3) is 1.80. The van der Waals surface area contributed by atoms with Crippen LogP contribution in [0.25, 0.3) is 0 Å². The highest BCUT2D eigenvalue weighted by Gasteiger charge is 2.04. The number of nitrogens with zero attached hydrogens (tertiary/aromatic N) is 4. The molecule has 0 aromatic carbocycles. The Labute approximate surface area is 80.7 Å². The molecule has 6 heteroatoms. The molecule has 74 valence electrons. The van der Waals surface area contributed by atoms with Crippen molar-refractivity contribution in [1.29, 1.82) is 0 Å². The van der Waals surface area contributed by atoms with Gasteiger partial charge in [-0.25, -0.2) is 0 Å². The summed E-state index contributed by atoms with van der Waals surface area (Å²) >= 11 is 0. The Hall–Kier alpha value is -1.69. The van der Waals surface area contributed by atoms with Gasteiger partial charge in [-0.1, -0.05) is 5.16 Å². The van der Waals surface area contributed by atoms with E-state index in [1.807, 2.05) is 6.20 Å². The minimum atomic E-state index is 0.487. The van der Waals surface area contributed by atoms with Gasteiger partial charge in [-0.15, -0.1) is 0 Å². The molecule has 0 aliphatic heterocycles. The Kier molecular flexibility index (Phi) is 2.28. The predicted octanol–water partition coefficient (Wildman–Crippen LogP) is 0.0815. The number of hydrogen-bond acceptors (Lipinski definition) is 5. The zero-order chi connectivity index (χ0) is 9.97. The van der Waals surface area contributed by atoms with Crippen LogP contribution in [0.3, 0.4) is 0 Å². The molecule has 2 aromatic rings. The van der Waals surface area contributed by atoms with Crippen molar-refractivity contribution in [3.63, 3.8) is 0 Å². The SMILES string of the molecule is Cc1noc(Cn2cc(CN)cn2)n1. The van der Waals surface area contributed by atoms with Crippen molar-refractivity contribution in [3.8, 4) is 0 Å². The summed E-state index contributed by atoms with van der Waals surface area (Å²) in [6, 6.07) is 0. The highest BCUT2D eigenvalue weighted by Crippen LogP contribution is 2.01. The van der Waals surface area contributed by atoms with Crippen LogP contribution in [0.15, 0.2) is 16.9 Å². The predicted molar refractivity (Wildman–Crippen MR) is 48.3 cm³/mol. The normalized spacial score (nSPS) is 10.7. The van der Waals surface area contributed by atoms with Crippen LogP contribution in [-0.4, -0.2) is 19.9 Å². The molecule has 0 saturated carbocycles. The van der Waals surface area contributed by atoms with Gasteiger partial charge in [-0.3, -0.25) is 4.68 Å². The summed E-state index contributed by atoms with van der Waals surface area (Å²) in [6.45, 7) is 2.76. The van der Waals surface area contributed by atoms with Gasteiger partial charge in [-0.2, -0.15) is 10.1 Å². The van der Waals surface area contributed by atoms with E-state index >= 15 is 0 Å². The van der Waals surface area contributed by atoms with Gasteiger partial charge in [0, 0.05) is 18.3 Å². The van der Waals surface area contributed by atoms with E-state index in [4.69, 9.17) is 10.3 Å². The topological polar surface area (TPSA) is 82.8 Å². The van der Waals surface area contributed by atoms with Crippen molar-refractivity contribution in [3.05, 3.63) is 29.7 Å². The van der Waals surface area contributed by atoms with Crippen molar-refractivity contribution in [2.24, 2.45) is 5.73 Å². The zero-order valence-corrected chi connectivity index (χ0v) is 7.84. The fourth-order valence-corrected chi connectivity index (χ4v) is 1.14. The van der Waals surface area contributed by atoms with E-state index in [0.29, 0.717) is 24.8 Å². The van der Waals surface area contributed by atoms with Crippen molar-refractivity contribution >= 4 is 0 Å². The van der Waals surface area contributed by atoms with Crippen LogP contribution in [0.1, 0.15) is 17.3 Å². The highest BCUT2D eigenvalue weighted by atomic mass is 16.5. The Balaban J connectivity index is 2.10. The van der Waals surface area contributed by atoms with Crippen LogP contribution in [0, 0.1) is 6.92 Å². The standard InChI is InChI=1S/C8H11N5O/c1-6-11-8(14-12-6)5-13-4-7(2-9)3-10-13/h3-4H,2,5,9H2,1H3. The van der Waals surface area contributed by atoms with Crippen molar-refractivity contribution in [2.75, 3.05) is 0 Å². The molecule has 0 aliphatic rings. The second-order valence-corrected chi connectivity index (χ2v) is 2.99. The quantitative estimate of drug-likeness (QED) is 0.746. The maximum absolute atomic E-state index is 5.46. The minimum Gasteiger partial charge on any atom is -0.337 e. The maximum Gasteiger partial charge on any atom is 0.248 e. The molecule has 0 spiro atoms. The molecule has 2 N–H and O–H groups in total. The molecule has 0 fully saturated rings. The van der Waals surface area contributed by atoms with Gasteiger partial charge >= 0.3 is 0 Å². The third-order valence-electron chi connectivity index (χ3n) is 1.79. The highest BCUT2D eigenvalue weighted by molar-refractivity contribution is 5.03. The van der Waals surface area contributed by atoms with Gasteiger partial charge in [0.25, 0.3) is 0 Å². The fraction of sp³-hybridized carbons (Fsp3) is 0.375. The number of nitrogens with two attached hydrogens (primary N) is 1. The number of aromatic nitrogens is 4. The summed E-state index contributed by atoms with van der Waals surface area (Å²) in [7, 11) is 0. The largest absolute Gasteiger partial charge is 0.337 e. The summed E-state index contributed by atoms with van der Waals surface area (Å²) < 4.78 is 6.68. The molecule has 2 heterocycles. The Morgan fingerprint density at radius 3 is 3.00 bits per heavy atom. The Morgan fingerprint density at radius 2 is 2.43 bits per heavy atom. The summed E-state index contributed by atoms with van der Waals surface area (Å²) in [5.41, 5.74) is 6.44. The van der Waals surface area contributed by atoms with Gasteiger partial charge in [-0.05, 0) is 6.92 Å². The monoisotopic (exact) mass is 193 g/mol. The average molecular weight is 193 g/mol. The fourth-order valence-electron chi connectivity index (χ4n) is 1.14. The molecule has 2 aromatic heterocycles. The van der Waals surface area contributed by atoms with Gasteiger partial charge in [0.05, 0.1) is 6.20 Å². The second-order valence-electron chi connectivity index (χ2n) is 2.99. The number of hydrogen-bond donors (Lipinski definition) is 1. The lowest BCUT2D eigenvalue weighted by Crippen LogP contribution is -2.00. The van der Waals surface area contributed by atoms with Crippen molar-refractivity contribution in [2.45, 2.75) is 20.0 Å².